The second-order valence-electron chi connectivity index (χ2n) is 3.38. The van der Waals surface area contributed by atoms with Gasteiger partial charge in [0.25, 0.3) is 0 Å². The quantitative estimate of drug-likeness (QED) is 0.757. The summed E-state index contributed by atoms with van der Waals surface area (Å²) in [5.74, 6) is 1.19. The first kappa shape index (κ1) is 11.0. The van der Waals surface area contributed by atoms with Gasteiger partial charge in [-0.15, -0.1) is 11.6 Å². The minimum atomic E-state index is 0.408. The van der Waals surface area contributed by atoms with Crippen LogP contribution in [0.3, 0.4) is 0 Å². The number of pyridine rings is 1. The zero-order valence-electron chi connectivity index (χ0n) is 8.98. The first-order chi connectivity index (χ1) is 7.85. The molecule has 16 heavy (non-hydrogen) atoms. The van der Waals surface area contributed by atoms with Crippen LogP contribution in [0.4, 0.5) is 0 Å². The SMILES string of the molecule is COc1cc(-c2ccccc2)ncc1CCl. The number of hydrogen-bond acceptors (Lipinski definition) is 2. The molecule has 0 N–H and O–H groups in total. The molecule has 0 saturated carbocycles. The Bertz CT molecular complexity index is 471. The van der Waals surface area contributed by atoms with Crippen LogP contribution >= 0.6 is 11.6 Å². The van der Waals surface area contributed by atoms with E-state index in [1.165, 1.54) is 0 Å². The van der Waals surface area contributed by atoms with Gasteiger partial charge in [-0.05, 0) is 0 Å². The molecule has 0 amide bonds. The van der Waals surface area contributed by atoms with E-state index in [0.717, 1.165) is 22.6 Å². The Morgan fingerprint density at radius 3 is 2.62 bits per heavy atom. The van der Waals surface area contributed by atoms with Gasteiger partial charge in [-0.1, -0.05) is 30.3 Å². The van der Waals surface area contributed by atoms with Crippen molar-refractivity contribution >= 4 is 11.6 Å². The summed E-state index contributed by atoms with van der Waals surface area (Å²) in [5, 5.41) is 0. The van der Waals surface area contributed by atoms with Crippen molar-refractivity contribution in [2.75, 3.05) is 7.11 Å². The van der Waals surface area contributed by atoms with Crippen molar-refractivity contribution in [2.24, 2.45) is 0 Å². The average molecular weight is 234 g/mol. The monoisotopic (exact) mass is 233 g/mol. The van der Waals surface area contributed by atoms with Crippen LogP contribution in [-0.2, 0) is 5.88 Å². The molecule has 0 aliphatic rings. The number of halogens is 1. The van der Waals surface area contributed by atoms with Gasteiger partial charge in [-0.2, -0.15) is 0 Å². The van der Waals surface area contributed by atoms with E-state index in [2.05, 4.69) is 4.98 Å². The van der Waals surface area contributed by atoms with E-state index in [9.17, 15) is 0 Å². The largest absolute Gasteiger partial charge is 0.496 e. The van der Waals surface area contributed by atoms with Crippen molar-refractivity contribution in [3.63, 3.8) is 0 Å². The highest BCUT2D eigenvalue weighted by Crippen LogP contribution is 2.25. The predicted octanol–water partition coefficient (Wildman–Crippen LogP) is 3.50. The minimum Gasteiger partial charge on any atom is -0.496 e. The van der Waals surface area contributed by atoms with Gasteiger partial charge in [0.1, 0.15) is 5.75 Å². The molecular weight excluding hydrogens is 222 g/mol. The number of alkyl halides is 1. The van der Waals surface area contributed by atoms with Crippen LogP contribution < -0.4 is 4.74 Å². The van der Waals surface area contributed by atoms with Gasteiger partial charge in [0, 0.05) is 23.4 Å². The lowest BCUT2D eigenvalue weighted by atomic mass is 10.1. The van der Waals surface area contributed by atoms with Crippen LogP contribution in [0, 0.1) is 0 Å². The molecule has 3 heteroatoms. The van der Waals surface area contributed by atoms with Gasteiger partial charge in [-0.25, -0.2) is 0 Å². The van der Waals surface area contributed by atoms with Gasteiger partial charge >= 0.3 is 0 Å². The summed E-state index contributed by atoms with van der Waals surface area (Å²) in [7, 11) is 1.64. The number of rotatable bonds is 3. The predicted molar refractivity (Wildman–Crippen MR) is 65.8 cm³/mol. The molecule has 82 valence electrons. The molecule has 0 aliphatic carbocycles. The van der Waals surface area contributed by atoms with Crippen LogP contribution in [0.1, 0.15) is 5.56 Å². The molecule has 0 spiro atoms. The number of methoxy groups -OCH3 is 1. The van der Waals surface area contributed by atoms with Crippen LogP contribution in [0.25, 0.3) is 11.3 Å². The molecule has 0 saturated heterocycles. The summed E-state index contributed by atoms with van der Waals surface area (Å²) in [6.45, 7) is 0. The molecule has 0 unspecified atom stereocenters. The van der Waals surface area contributed by atoms with Gasteiger partial charge in [-0.3, -0.25) is 4.98 Å². The minimum absolute atomic E-state index is 0.408. The molecule has 2 nitrogen and oxygen atoms in total. The Kier molecular flexibility index (Phi) is 3.42. The standard InChI is InChI=1S/C13H12ClNO/c1-16-13-7-12(15-9-11(13)8-14)10-5-3-2-4-6-10/h2-7,9H,8H2,1H3. The van der Waals surface area contributed by atoms with Gasteiger partial charge in [0.2, 0.25) is 0 Å². The number of benzene rings is 1. The number of hydrogen-bond donors (Lipinski definition) is 0. The van der Waals surface area contributed by atoms with E-state index in [4.69, 9.17) is 16.3 Å². The van der Waals surface area contributed by atoms with Gasteiger partial charge < -0.3 is 4.74 Å². The number of nitrogens with zero attached hydrogens (tertiary/aromatic N) is 1. The van der Waals surface area contributed by atoms with Crippen LogP contribution in [0.2, 0.25) is 0 Å². The third kappa shape index (κ3) is 2.17. The highest BCUT2D eigenvalue weighted by Gasteiger charge is 2.05. The fourth-order valence-corrected chi connectivity index (χ4v) is 1.72. The zero-order chi connectivity index (χ0) is 11.4. The van der Waals surface area contributed by atoms with E-state index in [0.29, 0.717) is 5.88 Å². The number of aromatic nitrogens is 1. The van der Waals surface area contributed by atoms with Crippen molar-refractivity contribution in [1.82, 2.24) is 4.98 Å². The third-order valence-electron chi connectivity index (χ3n) is 2.38. The second-order valence-corrected chi connectivity index (χ2v) is 3.65. The van der Waals surface area contributed by atoms with Crippen molar-refractivity contribution < 1.29 is 4.74 Å². The lowest BCUT2D eigenvalue weighted by Gasteiger charge is -2.07. The Morgan fingerprint density at radius 1 is 1.25 bits per heavy atom. The lowest BCUT2D eigenvalue weighted by molar-refractivity contribution is 0.411. The normalized spacial score (nSPS) is 10.1. The molecule has 2 aromatic rings. The summed E-state index contributed by atoms with van der Waals surface area (Å²) in [6.07, 6.45) is 1.76. The van der Waals surface area contributed by atoms with E-state index >= 15 is 0 Å². The Balaban J connectivity index is 2.44. The van der Waals surface area contributed by atoms with Crippen LogP contribution in [0.5, 0.6) is 5.75 Å². The summed E-state index contributed by atoms with van der Waals surface area (Å²) >= 11 is 5.79. The van der Waals surface area contributed by atoms with Gasteiger partial charge in [0.15, 0.2) is 0 Å². The molecule has 2 rings (SSSR count). The fraction of sp³-hybridized carbons (Fsp3) is 0.154. The smallest absolute Gasteiger partial charge is 0.126 e. The zero-order valence-corrected chi connectivity index (χ0v) is 9.74. The van der Waals surface area contributed by atoms with Crippen LogP contribution in [-0.4, -0.2) is 12.1 Å². The second kappa shape index (κ2) is 4.99. The Hall–Kier alpha value is -1.54. The van der Waals surface area contributed by atoms with Crippen molar-refractivity contribution in [3.05, 3.63) is 48.2 Å². The molecule has 0 radical (unpaired) electrons. The summed E-state index contributed by atoms with van der Waals surface area (Å²) in [5.41, 5.74) is 2.87. The third-order valence-corrected chi connectivity index (χ3v) is 2.67. The molecule has 1 aromatic heterocycles. The first-order valence-corrected chi connectivity index (χ1v) is 5.53. The number of ether oxygens (including phenoxy) is 1. The fourth-order valence-electron chi connectivity index (χ4n) is 1.52. The maximum absolute atomic E-state index is 5.79. The lowest BCUT2D eigenvalue weighted by Crippen LogP contribution is -1.93. The molecule has 1 aromatic carbocycles. The highest BCUT2D eigenvalue weighted by molar-refractivity contribution is 6.17. The van der Waals surface area contributed by atoms with Crippen molar-refractivity contribution in [3.8, 4) is 17.0 Å². The molecular formula is C13H12ClNO. The Labute approximate surface area is 99.9 Å². The topological polar surface area (TPSA) is 22.1 Å². The molecule has 0 atom stereocenters. The summed E-state index contributed by atoms with van der Waals surface area (Å²) < 4.78 is 5.27. The van der Waals surface area contributed by atoms with E-state index in [1.807, 2.05) is 36.4 Å². The maximum atomic E-state index is 5.79. The highest BCUT2D eigenvalue weighted by atomic mass is 35.5. The summed E-state index contributed by atoms with van der Waals surface area (Å²) in [4.78, 5) is 4.36. The van der Waals surface area contributed by atoms with Crippen molar-refractivity contribution in [1.29, 1.82) is 0 Å². The average Bonchev–Trinajstić information content (AvgIpc) is 2.39. The maximum Gasteiger partial charge on any atom is 0.126 e. The molecule has 0 aliphatic heterocycles. The first-order valence-electron chi connectivity index (χ1n) is 4.99. The molecule has 0 fully saturated rings. The molecule has 0 bridgehead atoms. The summed E-state index contributed by atoms with van der Waals surface area (Å²) in [6, 6.07) is 11.9. The van der Waals surface area contributed by atoms with Gasteiger partial charge in [0.05, 0.1) is 18.7 Å². The van der Waals surface area contributed by atoms with Crippen molar-refractivity contribution in [2.45, 2.75) is 5.88 Å². The van der Waals surface area contributed by atoms with Crippen LogP contribution in [0.15, 0.2) is 42.6 Å². The van der Waals surface area contributed by atoms with E-state index < -0.39 is 0 Å². The Morgan fingerprint density at radius 2 is 2.00 bits per heavy atom. The van der Waals surface area contributed by atoms with E-state index in [1.54, 1.807) is 13.3 Å². The molecule has 1 heterocycles. The van der Waals surface area contributed by atoms with E-state index in [-0.39, 0.29) is 0 Å².